The van der Waals surface area contributed by atoms with Crippen LogP contribution in [-0.4, -0.2) is 44.0 Å². The van der Waals surface area contributed by atoms with E-state index in [0.717, 1.165) is 35.7 Å². The van der Waals surface area contributed by atoms with Gasteiger partial charge in [0.2, 0.25) is 17.6 Å². The minimum absolute atomic E-state index is 0.0405. The number of imide groups is 1. The number of amides is 3. The van der Waals surface area contributed by atoms with Crippen LogP contribution >= 0.6 is 15.9 Å². The Balaban J connectivity index is 1.60. The standard InChI is InChI=1S/C20H23BrN4O3/c1-12(2)25-19(26)15-8-3-4-9-16(15)24(20(25)27)11-17-22-18(23-28-17)13-6-5-7-14(21)10-13/h5-7,10,12,15-16H,3-4,8-9,11H2,1-2H3. The Bertz CT molecular complexity index is 897. The van der Waals surface area contributed by atoms with Crippen LogP contribution in [0.25, 0.3) is 11.4 Å². The van der Waals surface area contributed by atoms with Gasteiger partial charge in [-0.25, -0.2) is 4.79 Å². The summed E-state index contributed by atoms with van der Waals surface area (Å²) in [5, 5.41) is 4.07. The number of carbonyl (C=O) groups excluding carboxylic acids is 2. The molecule has 1 saturated carbocycles. The number of halogens is 1. The summed E-state index contributed by atoms with van der Waals surface area (Å²) in [5.41, 5.74) is 0.837. The van der Waals surface area contributed by atoms with Gasteiger partial charge in [-0.15, -0.1) is 0 Å². The van der Waals surface area contributed by atoms with Crippen molar-refractivity contribution in [2.75, 3.05) is 0 Å². The number of rotatable bonds is 4. The fourth-order valence-electron chi connectivity index (χ4n) is 4.20. The van der Waals surface area contributed by atoms with Crippen LogP contribution in [0.2, 0.25) is 0 Å². The Kier molecular flexibility index (Phi) is 5.23. The second kappa shape index (κ2) is 7.66. The molecule has 148 valence electrons. The predicted octanol–water partition coefficient (Wildman–Crippen LogP) is 4.23. The van der Waals surface area contributed by atoms with E-state index in [2.05, 4.69) is 26.1 Å². The van der Waals surface area contributed by atoms with Gasteiger partial charge in [0.15, 0.2) is 0 Å². The molecule has 0 radical (unpaired) electrons. The molecule has 2 atom stereocenters. The number of fused-ring (bicyclic) bond motifs is 1. The Hall–Kier alpha value is -2.22. The van der Waals surface area contributed by atoms with E-state index in [1.165, 1.54) is 4.90 Å². The smallest absolute Gasteiger partial charge is 0.327 e. The molecule has 3 amide bonds. The molecule has 2 aromatic rings. The molecule has 0 bridgehead atoms. The fraction of sp³-hybridized carbons (Fsp3) is 0.500. The summed E-state index contributed by atoms with van der Waals surface area (Å²) in [7, 11) is 0. The lowest BCUT2D eigenvalue weighted by molar-refractivity contribution is -0.142. The van der Waals surface area contributed by atoms with Gasteiger partial charge in [0.05, 0.1) is 5.92 Å². The van der Waals surface area contributed by atoms with Gasteiger partial charge in [-0.3, -0.25) is 9.69 Å². The van der Waals surface area contributed by atoms with Gasteiger partial charge in [0, 0.05) is 22.1 Å². The molecule has 4 rings (SSSR count). The van der Waals surface area contributed by atoms with Crippen LogP contribution in [-0.2, 0) is 11.3 Å². The van der Waals surface area contributed by atoms with Gasteiger partial charge in [0.25, 0.3) is 0 Å². The normalized spacial score (nSPS) is 22.7. The third-order valence-electron chi connectivity index (χ3n) is 5.51. The molecule has 2 aliphatic rings. The number of hydrogen-bond donors (Lipinski definition) is 0. The summed E-state index contributed by atoms with van der Waals surface area (Å²) in [5.74, 6) is 0.686. The molecule has 28 heavy (non-hydrogen) atoms. The highest BCUT2D eigenvalue weighted by Gasteiger charge is 2.48. The SMILES string of the molecule is CC(C)N1C(=O)C2CCCCC2N(Cc2nc(-c3cccc(Br)c3)no2)C1=O. The molecule has 0 spiro atoms. The summed E-state index contributed by atoms with van der Waals surface area (Å²) < 4.78 is 6.37. The summed E-state index contributed by atoms with van der Waals surface area (Å²) in [6.45, 7) is 3.96. The van der Waals surface area contributed by atoms with Crippen molar-refractivity contribution in [3.8, 4) is 11.4 Å². The maximum absolute atomic E-state index is 13.1. The largest absolute Gasteiger partial charge is 0.337 e. The van der Waals surface area contributed by atoms with Crippen LogP contribution < -0.4 is 0 Å². The lowest BCUT2D eigenvalue weighted by Gasteiger charge is -2.47. The average Bonchev–Trinajstić information content (AvgIpc) is 3.14. The van der Waals surface area contributed by atoms with Crippen LogP contribution in [0.1, 0.15) is 45.4 Å². The molecule has 8 heteroatoms. The zero-order valence-electron chi connectivity index (χ0n) is 16.0. The fourth-order valence-corrected chi connectivity index (χ4v) is 4.59. The van der Waals surface area contributed by atoms with Crippen LogP contribution in [0.5, 0.6) is 0 Å². The molecule has 1 aromatic heterocycles. The summed E-state index contributed by atoms with van der Waals surface area (Å²) in [6, 6.07) is 7.12. The van der Waals surface area contributed by atoms with Crippen LogP contribution in [0.4, 0.5) is 4.79 Å². The van der Waals surface area contributed by atoms with Crippen LogP contribution in [0, 0.1) is 5.92 Å². The zero-order chi connectivity index (χ0) is 19.8. The first-order chi connectivity index (χ1) is 13.5. The van der Waals surface area contributed by atoms with Crippen molar-refractivity contribution in [3.63, 3.8) is 0 Å². The van der Waals surface area contributed by atoms with Crippen molar-refractivity contribution in [3.05, 3.63) is 34.6 Å². The molecule has 2 fully saturated rings. The third kappa shape index (κ3) is 3.45. The molecule has 1 aromatic carbocycles. The highest BCUT2D eigenvalue weighted by molar-refractivity contribution is 9.10. The topological polar surface area (TPSA) is 79.5 Å². The first kappa shape index (κ1) is 19.1. The summed E-state index contributed by atoms with van der Waals surface area (Å²) in [4.78, 5) is 33.6. The minimum atomic E-state index is -0.259. The van der Waals surface area contributed by atoms with Gasteiger partial charge in [-0.05, 0) is 38.8 Å². The van der Waals surface area contributed by atoms with Gasteiger partial charge in [0.1, 0.15) is 6.54 Å². The lowest BCUT2D eigenvalue weighted by atomic mass is 9.81. The second-order valence-corrected chi connectivity index (χ2v) is 8.61. The van der Waals surface area contributed by atoms with Crippen molar-refractivity contribution in [1.29, 1.82) is 0 Å². The van der Waals surface area contributed by atoms with Crippen molar-refractivity contribution < 1.29 is 14.1 Å². The van der Waals surface area contributed by atoms with E-state index < -0.39 is 0 Å². The average molecular weight is 447 g/mol. The molecule has 1 saturated heterocycles. The van der Waals surface area contributed by atoms with Gasteiger partial charge >= 0.3 is 6.03 Å². The van der Waals surface area contributed by atoms with E-state index in [-0.39, 0.29) is 36.5 Å². The van der Waals surface area contributed by atoms with E-state index >= 15 is 0 Å². The number of hydrogen-bond acceptors (Lipinski definition) is 5. The van der Waals surface area contributed by atoms with E-state index in [1.807, 2.05) is 38.1 Å². The molecule has 2 heterocycles. The van der Waals surface area contributed by atoms with Crippen molar-refractivity contribution in [2.24, 2.45) is 5.92 Å². The van der Waals surface area contributed by atoms with Crippen molar-refractivity contribution in [2.45, 2.75) is 58.2 Å². The quantitative estimate of drug-likeness (QED) is 0.701. The molecule has 1 aliphatic carbocycles. The summed E-state index contributed by atoms with van der Waals surface area (Å²) in [6.07, 6.45) is 3.70. The Labute approximate surface area is 172 Å². The Morgan fingerprint density at radius 3 is 2.79 bits per heavy atom. The Morgan fingerprint density at radius 1 is 1.25 bits per heavy atom. The number of nitrogens with zero attached hydrogens (tertiary/aromatic N) is 4. The number of benzene rings is 1. The van der Waals surface area contributed by atoms with Gasteiger partial charge in [-0.2, -0.15) is 4.98 Å². The lowest BCUT2D eigenvalue weighted by Crippen LogP contribution is -2.63. The van der Waals surface area contributed by atoms with Gasteiger partial charge < -0.3 is 9.42 Å². The van der Waals surface area contributed by atoms with Crippen molar-refractivity contribution in [1.82, 2.24) is 19.9 Å². The van der Waals surface area contributed by atoms with E-state index in [4.69, 9.17) is 4.52 Å². The predicted molar refractivity (Wildman–Crippen MR) is 106 cm³/mol. The highest BCUT2D eigenvalue weighted by Crippen LogP contribution is 2.36. The van der Waals surface area contributed by atoms with E-state index in [1.54, 1.807) is 4.90 Å². The second-order valence-electron chi connectivity index (χ2n) is 7.69. The molecule has 0 N–H and O–H groups in total. The molecule has 1 aliphatic heterocycles. The number of urea groups is 1. The first-order valence-electron chi connectivity index (χ1n) is 9.68. The minimum Gasteiger partial charge on any atom is -0.337 e. The zero-order valence-corrected chi connectivity index (χ0v) is 17.6. The Morgan fingerprint density at radius 2 is 2.04 bits per heavy atom. The molecule has 2 unspecified atom stereocenters. The molecule has 7 nitrogen and oxygen atoms in total. The molecular weight excluding hydrogens is 424 g/mol. The van der Waals surface area contributed by atoms with E-state index in [9.17, 15) is 9.59 Å². The monoisotopic (exact) mass is 446 g/mol. The maximum Gasteiger partial charge on any atom is 0.327 e. The van der Waals surface area contributed by atoms with Gasteiger partial charge in [-0.1, -0.05) is 46.1 Å². The number of carbonyl (C=O) groups is 2. The first-order valence-corrected chi connectivity index (χ1v) is 10.5. The van der Waals surface area contributed by atoms with E-state index in [0.29, 0.717) is 11.7 Å². The maximum atomic E-state index is 13.1. The van der Waals surface area contributed by atoms with Crippen molar-refractivity contribution >= 4 is 27.9 Å². The van der Waals surface area contributed by atoms with Crippen LogP contribution in [0.15, 0.2) is 33.3 Å². The third-order valence-corrected chi connectivity index (χ3v) is 6.00. The summed E-state index contributed by atoms with van der Waals surface area (Å²) >= 11 is 3.44. The highest BCUT2D eigenvalue weighted by atomic mass is 79.9. The molecular formula is C20H23BrN4O3. The van der Waals surface area contributed by atoms with Crippen LogP contribution in [0.3, 0.4) is 0 Å². The number of aromatic nitrogens is 2.